The summed E-state index contributed by atoms with van der Waals surface area (Å²) in [5, 5.41) is 12.0. The van der Waals surface area contributed by atoms with Crippen molar-refractivity contribution >= 4 is 5.71 Å². The third kappa shape index (κ3) is 3.25. The summed E-state index contributed by atoms with van der Waals surface area (Å²) in [5.74, 6) is 0.771. The highest BCUT2D eigenvalue weighted by Crippen LogP contribution is 2.12. The van der Waals surface area contributed by atoms with Gasteiger partial charge in [-0.25, -0.2) is 0 Å². The lowest BCUT2D eigenvalue weighted by molar-refractivity contribution is 0.184. The van der Waals surface area contributed by atoms with Crippen LogP contribution in [0.1, 0.15) is 12.5 Å². The molecule has 1 aromatic carbocycles. The van der Waals surface area contributed by atoms with E-state index in [1.165, 1.54) is 0 Å². The van der Waals surface area contributed by atoms with Gasteiger partial charge in [-0.15, -0.1) is 0 Å². The predicted octanol–water partition coefficient (Wildman–Crippen LogP) is 1.91. The van der Waals surface area contributed by atoms with Crippen LogP contribution in [0.5, 0.6) is 5.75 Å². The summed E-state index contributed by atoms with van der Waals surface area (Å²) in [6, 6.07) is 7.28. The molecule has 82 valence electrons. The van der Waals surface area contributed by atoms with Gasteiger partial charge in [0.15, 0.2) is 0 Å². The van der Waals surface area contributed by atoms with Crippen LogP contribution in [-0.2, 0) is 4.74 Å². The quantitative estimate of drug-likeness (QED) is 0.458. The normalized spacial score (nSPS) is 11.5. The fourth-order valence-corrected chi connectivity index (χ4v) is 1.15. The maximum atomic E-state index is 8.81. The first-order valence-corrected chi connectivity index (χ1v) is 4.75. The van der Waals surface area contributed by atoms with Crippen LogP contribution in [-0.4, -0.2) is 31.2 Å². The van der Waals surface area contributed by atoms with Crippen LogP contribution in [0.4, 0.5) is 0 Å². The van der Waals surface area contributed by atoms with E-state index in [-0.39, 0.29) is 0 Å². The summed E-state index contributed by atoms with van der Waals surface area (Å²) < 4.78 is 10.2. The number of hydrogen-bond acceptors (Lipinski definition) is 4. The molecule has 0 aliphatic heterocycles. The molecule has 0 spiro atoms. The topological polar surface area (TPSA) is 51.0 Å². The third-order valence-electron chi connectivity index (χ3n) is 1.99. The van der Waals surface area contributed by atoms with Gasteiger partial charge < -0.3 is 14.7 Å². The minimum atomic E-state index is 0.305. The van der Waals surface area contributed by atoms with Crippen molar-refractivity contribution in [1.82, 2.24) is 0 Å². The molecule has 15 heavy (non-hydrogen) atoms. The van der Waals surface area contributed by atoms with E-state index >= 15 is 0 Å². The van der Waals surface area contributed by atoms with Crippen molar-refractivity contribution < 1.29 is 14.7 Å². The van der Waals surface area contributed by atoms with Gasteiger partial charge in [0.2, 0.25) is 0 Å². The summed E-state index contributed by atoms with van der Waals surface area (Å²) in [6.45, 7) is 2.79. The molecule has 0 radical (unpaired) electrons. The summed E-state index contributed by atoms with van der Waals surface area (Å²) in [6.07, 6.45) is 0. The monoisotopic (exact) mass is 209 g/mol. The molecular formula is C11H15NO3. The number of methoxy groups -OCH3 is 1. The number of rotatable bonds is 5. The first-order chi connectivity index (χ1) is 7.31. The number of oxime groups is 1. The Labute approximate surface area is 89.1 Å². The van der Waals surface area contributed by atoms with Gasteiger partial charge in [-0.3, -0.25) is 0 Å². The van der Waals surface area contributed by atoms with E-state index in [1.54, 1.807) is 7.11 Å². The van der Waals surface area contributed by atoms with Crippen LogP contribution < -0.4 is 4.74 Å². The predicted molar refractivity (Wildman–Crippen MR) is 57.8 cm³/mol. The summed E-state index contributed by atoms with van der Waals surface area (Å²) >= 11 is 0. The number of ether oxygens (including phenoxy) is 2. The molecule has 4 nitrogen and oxygen atoms in total. The zero-order valence-electron chi connectivity index (χ0n) is 8.93. The van der Waals surface area contributed by atoms with E-state index in [1.807, 2.05) is 31.2 Å². The van der Waals surface area contributed by atoms with Gasteiger partial charge in [-0.05, 0) is 31.2 Å². The van der Waals surface area contributed by atoms with Crippen LogP contribution in [0.15, 0.2) is 29.4 Å². The SMILES string of the molecule is CCOC/C(=N/O)c1ccc(OC)cc1. The molecule has 0 heterocycles. The van der Waals surface area contributed by atoms with Crippen molar-refractivity contribution in [3.8, 4) is 5.75 Å². The Kier molecular flexibility index (Phi) is 4.63. The minimum absolute atomic E-state index is 0.305. The molecular weight excluding hydrogens is 194 g/mol. The molecule has 1 N–H and O–H groups in total. The van der Waals surface area contributed by atoms with Crippen molar-refractivity contribution in [1.29, 1.82) is 0 Å². The Hall–Kier alpha value is -1.55. The summed E-state index contributed by atoms with van der Waals surface area (Å²) in [5.41, 5.74) is 1.34. The standard InChI is InChI=1S/C11H15NO3/c1-3-15-8-11(12-13)9-4-6-10(14-2)7-5-9/h4-7,13H,3,8H2,1-2H3/b12-11-. The molecule has 0 amide bonds. The van der Waals surface area contributed by atoms with Crippen molar-refractivity contribution in [2.45, 2.75) is 6.92 Å². The second-order valence-electron chi connectivity index (χ2n) is 2.91. The highest BCUT2D eigenvalue weighted by molar-refractivity contribution is 6.01. The second-order valence-corrected chi connectivity index (χ2v) is 2.91. The lowest BCUT2D eigenvalue weighted by Crippen LogP contribution is -2.10. The average Bonchev–Trinajstić information content (AvgIpc) is 2.31. The molecule has 0 atom stereocenters. The van der Waals surface area contributed by atoms with E-state index in [0.29, 0.717) is 18.9 Å². The van der Waals surface area contributed by atoms with Crippen molar-refractivity contribution in [2.24, 2.45) is 5.16 Å². The summed E-state index contributed by atoms with van der Waals surface area (Å²) in [4.78, 5) is 0. The largest absolute Gasteiger partial charge is 0.497 e. The van der Waals surface area contributed by atoms with E-state index < -0.39 is 0 Å². The fourth-order valence-electron chi connectivity index (χ4n) is 1.15. The molecule has 0 unspecified atom stereocenters. The number of nitrogens with zero attached hydrogens (tertiary/aromatic N) is 1. The highest BCUT2D eigenvalue weighted by Gasteiger charge is 2.04. The van der Waals surface area contributed by atoms with Gasteiger partial charge in [-0.2, -0.15) is 0 Å². The Morgan fingerprint density at radius 3 is 2.47 bits per heavy atom. The lowest BCUT2D eigenvalue weighted by Gasteiger charge is -2.05. The number of hydrogen-bond donors (Lipinski definition) is 1. The van der Waals surface area contributed by atoms with Crippen LogP contribution in [0.3, 0.4) is 0 Å². The van der Waals surface area contributed by atoms with Gasteiger partial charge in [0, 0.05) is 12.2 Å². The van der Waals surface area contributed by atoms with Crippen LogP contribution in [0, 0.1) is 0 Å². The molecule has 1 rings (SSSR count). The van der Waals surface area contributed by atoms with Crippen LogP contribution in [0.25, 0.3) is 0 Å². The zero-order chi connectivity index (χ0) is 11.1. The Bertz CT molecular complexity index is 319. The van der Waals surface area contributed by atoms with E-state index in [4.69, 9.17) is 14.7 Å². The van der Waals surface area contributed by atoms with E-state index in [2.05, 4.69) is 5.16 Å². The first kappa shape index (κ1) is 11.5. The first-order valence-electron chi connectivity index (χ1n) is 4.75. The van der Waals surface area contributed by atoms with Crippen molar-refractivity contribution in [3.05, 3.63) is 29.8 Å². The highest BCUT2D eigenvalue weighted by atomic mass is 16.5. The molecule has 0 fully saturated rings. The van der Waals surface area contributed by atoms with Crippen LogP contribution in [0.2, 0.25) is 0 Å². The maximum Gasteiger partial charge on any atom is 0.118 e. The Morgan fingerprint density at radius 1 is 1.33 bits per heavy atom. The van der Waals surface area contributed by atoms with E-state index in [9.17, 15) is 0 Å². The third-order valence-corrected chi connectivity index (χ3v) is 1.99. The van der Waals surface area contributed by atoms with Crippen LogP contribution >= 0.6 is 0 Å². The molecule has 4 heteroatoms. The molecule has 0 saturated carbocycles. The Balaban J connectivity index is 2.75. The molecule has 0 saturated heterocycles. The minimum Gasteiger partial charge on any atom is -0.497 e. The van der Waals surface area contributed by atoms with Gasteiger partial charge >= 0.3 is 0 Å². The molecule has 0 aromatic heterocycles. The van der Waals surface area contributed by atoms with E-state index in [0.717, 1.165) is 11.3 Å². The smallest absolute Gasteiger partial charge is 0.118 e. The second kappa shape index (κ2) is 6.03. The van der Waals surface area contributed by atoms with Gasteiger partial charge in [0.05, 0.1) is 13.7 Å². The fraction of sp³-hybridized carbons (Fsp3) is 0.364. The maximum absolute atomic E-state index is 8.81. The Morgan fingerprint density at radius 2 is 2.00 bits per heavy atom. The summed E-state index contributed by atoms with van der Waals surface area (Å²) in [7, 11) is 1.61. The molecule has 0 aliphatic rings. The average molecular weight is 209 g/mol. The number of benzene rings is 1. The van der Waals surface area contributed by atoms with Gasteiger partial charge in [0.1, 0.15) is 11.5 Å². The van der Waals surface area contributed by atoms with Crippen molar-refractivity contribution in [3.63, 3.8) is 0 Å². The van der Waals surface area contributed by atoms with Gasteiger partial charge in [-0.1, -0.05) is 5.16 Å². The molecule has 0 bridgehead atoms. The van der Waals surface area contributed by atoms with Gasteiger partial charge in [0.25, 0.3) is 0 Å². The van der Waals surface area contributed by atoms with Crippen molar-refractivity contribution in [2.75, 3.05) is 20.3 Å². The zero-order valence-corrected chi connectivity index (χ0v) is 8.93. The molecule has 0 aliphatic carbocycles. The molecule has 1 aromatic rings. The lowest BCUT2D eigenvalue weighted by atomic mass is 10.1.